The van der Waals surface area contributed by atoms with Crippen molar-refractivity contribution in [1.82, 2.24) is 25.3 Å². The lowest BCUT2D eigenvalue weighted by molar-refractivity contribution is -0.149. The minimum Gasteiger partial charge on any atom is -0.467 e. The molecule has 13 nitrogen and oxygen atoms in total. The molecule has 0 radical (unpaired) electrons. The second-order valence-corrected chi connectivity index (χ2v) is 16.1. The monoisotopic (exact) mass is 786 g/mol. The molecule has 1 fully saturated rings. The molecule has 0 bridgehead atoms. The fraction of sp³-hybridized carbons (Fsp3) is 0.698. The fourth-order valence-electron chi connectivity index (χ4n) is 7.93. The summed E-state index contributed by atoms with van der Waals surface area (Å²) in [7, 11) is 7.91. The number of ether oxygens (including phenoxy) is 3. The number of benzene rings is 1. The number of methoxy groups -OCH3 is 3. The molecule has 0 saturated carbocycles. The summed E-state index contributed by atoms with van der Waals surface area (Å²) in [5, 5.41) is 5.91. The number of hydrogen-bond acceptors (Lipinski definition) is 9. The van der Waals surface area contributed by atoms with Gasteiger partial charge in [0.1, 0.15) is 18.1 Å². The van der Waals surface area contributed by atoms with E-state index in [-0.39, 0.29) is 54.2 Å². The molecule has 0 aliphatic carbocycles. The van der Waals surface area contributed by atoms with Crippen molar-refractivity contribution in [3.63, 3.8) is 0 Å². The van der Waals surface area contributed by atoms with Gasteiger partial charge in [-0.2, -0.15) is 0 Å². The molecule has 2 unspecified atom stereocenters. The fourth-order valence-corrected chi connectivity index (χ4v) is 7.93. The predicted molar refractivity (Wildman–Crippen MR) is 218 cm³/mol. The number of esters is 1. The van der Waals surface area contributed by atoms with Crippen LogP contribution in [0.25, 0.3) is 0 Å². The summed E-state index contributed by atoms with van der Waals surface area (Å²) in [5.74, 6) is -2.62. The Kier molecular flexibility index (Phi) is 19.5. The summed E-state index contributed by atoms with van der Waals surface area (Å²) < 4.78 is 17.0. The molecule has 13 heteroatoms. The molecule has 1 aromatic rings. The summed E-state index contributed by atoms with van der Waals surface area (Å²) in [5.41, 5.74) is 1.62. The number of nitrogens with zero attached hydrogens (tertiary/aromatic N) is 3. The van der Waals surface area contributed by atoms with Gasteiger partial charge in [-0.05, 0) is 43.1 Å². The zero-order valence-corrected chi connectivity index (χ0v) is 36.3. The second kappa shape index (κ2) is 22.7. The van der Waals surface area contributed by atoms with Crippen LogP contribution in [-0.2, 0) is 44.6 Å². The van der Waals surface area contributed by atoms with E-state index in [0.29, 0.717) is 13.0 Å². The van der Waals surface area contributed by atoms with Crippen LogP contribution in [0.4, 0.5) is 0 Å². The van der Waals surface area contributed by atoms with Crippen molar-refractivity contribution >= 4 is 29.6 Å². The van der Waals surface area contributed by atoms with Crippen molar-refractivity contribution in [2.45, 2.75) is 130 Å². The Balaban J connectivity index is 2.30. The molecule has 0 aromatic heterocycles. The topological polar surface area (TPSA) is 147 Å². The van der Waals surface area contributed by atoms with Gasteiger partial charge in [0.25, 0.3) is 0 Å². The molecule has 1 heterocycles. The lowest BCUT2D eigenvalue weighted by atomic mass is 9.89. The lowest BCUT2D eigenvalue weighted by Crippen LogP contribution is -2.60. The van der Waals surface area contributed by atoms with Gasteiger partial charge in [-0.15, -0.1) is 0 Å². The number of amides is 4. The first-order chi connectivity index (χ1) is 26.4. The Hall–Kier alpha value is -3.97. The number of likely N-dealkylation sites (N-methyl/N-ethyl adjacent to an activating group) is 2. The highest BCUT2D eigenvalue weighted by Gasteiger charge is 2.43. The van der Waals surface area contributed by atoms with Gasteiger partial charge in [-0.3, -0.25) is 19.2 Å². The highest BCUT2D eigenvalue weighted by molar-refractivity contribution is 5.90. The lowest BCUT2D eigenvalue weighted by Gasteiger charge is -2.41. The third kappa shape index (κ3) is 12.5. The van der Waals surface area contributed by atoms with E-state index in [9.17, 15) is 24.0 Å². The minimum absolute atomic E-state index is 0.00430. The quantitative estimate of drug-likeness (QED) is 0.163. The van der Waals surface area contributed by atoms with E-state index in [1.54, 1.807) is 30.9 Å². The van der Waals surface area contributed by atoms with Crippen molar-refractivity contribution < 1.29 is 38.2 Å². The molecule has 1 aromatic carbocycles. The average Bonchev–Trinajstić information content (AvgIpc) is 3.65. The molecular formula is C43H71N5O8. The van der Waals surface area contributed by atoms with Crippen LogP contribution >= 0.6 is 0 Å². The van der Waals surface area contributed by atoms with Gasteiger partial charge < -0.3 is 39.5 Å². The van der Waals surface area contributed by atoms with Gasteiger partial charge in [0.05, 0.1) is 43.7 Å². The molecule has 1 saturated heterocycles. The summed E-state index contributed by atoms with van der Waals surface area (Å²) >= 11 is 0. The van der Waals surface area contributed by atoms with Crippen LogP contribution in [0.1, 0.15) is 86.6 Å². The van der Waals surface area contributed by atoms with Gasteiger partial charge in [-0.25, -0.2) is 4.79 Å². The molecule has 2 N–H and O–H groups in total. The van der Waals surface area contributed by atoms with Gasteiger partial charge in [0, 0.05) is 47.0 Å². The first-order valence-corrected chi connectivity index (χ1v) is 20.1. The number of rotatable bonds is 22. The maximum Gasteiger partial charge on any atom is 0.328 e. The van der Waals surface area contributed by atoms with E-state index in [0.717, 1.165) is 24.1 Å². The summed E-state index contributed by atoms with van der Waals surface area (Å²) in [4.78, 5) is 73.9. The van der Waals surface area contributed by atoms with Crippen LogP contribution in [0.15, 0.2) is 42.6 Å². The van der Waals surface area contributed by atoms with Crippen molar-refractivity contribution in [1.29, 1.82) is 0 Å². The third-order valence-electron chi connectivity index (χ3n) is 11.5. The van der Waals surface area contributed by atoms with E-state index in [4.69, 9.17) is 14.2 Å². The highest BCUT2D eigenvalue weighted by Crippen LogP contribution is 2.30. The van der Waals surface area contributed by atoms with Gasteiger partial charge >= 0.3 is 5.97 Å². The van der Waals surface area contributed by atoms with Crippen molar-refractivity contribution in [3.05, 3.63) is 48.2 Å². The molecule has 9 atom stereocenters. The van der Waals surface area contributed by atoms with Crippen LogP contribution in [0.2, 0.25) is 0 Å². The van der Waals surface area contributed by atoms with Crippen molar-refractivity contribution in [2.24, 2.45) is 23.7 Å². The Morgan fingerprint density at radius 2 is 1.52 bits per heavy atom. The van der Waals surface area contributed by atoms with Crippen LogP contribution in [0.5, 0.6) is 0 Å². The van der Waals surface area contributed by atoms with E-state index in [2.05, 4.69) is 17.2 Å². The third-order valence-corrected chi connectivity index (χ3v) is 11.5. The first-order valence-electron chi connectivity index (χ1n) is 20.1. The van der Waals surface area contributed by atoms with Gasteiger partial charge in [-0.1, -0.05) is 91.8 Å². The van der Waals surface area contributed by atoms with Crippen LogP contribution < -0.4 is 10.6 Å². The first kappa shape index (κ1) is 48.2. The molecule has 0 spiro atoms. The zero-order chi connectivity index (χ0) is 42.4. The minimum atomic E-state index is -0.895. The number of carbonyl (C=O) groups excluding carboxylic acids is 5. The SMILES string of the molecule is C=C(C)N(C)[C@H](C(=O)N[C@H](C(=O)N(C)[C@@H](C(C)CC)[C@@H](CC(=O)N1CCC[C@H]1[C@H](OC)[C@@H](C)C(=O)NC(Cc1ccccc1)C(=O)OC)OC)C(C)C)C(C)C. The summed E-state index contributed by atoms with van der Waals surface area (Å²) in [6.45, 7) is 19.9. The average molecular weight is 786 g/mol. The standard InChI is InChI=1S/C43H71N5O8/c1-15-29(8)38(47(11)42(52)36(26(2)3)45-41(51)37(27(4)5)46(10)28(6)7)34(54-12)25-35(49)48-23-19-22-33(48)39(55-13)30(9)40(50)44-32(43(53)56-14)24-31-20-17-16-18-21-31/h16-18,20-21,26-27,29-30,32-34,36-39H,6,15,19,22-25H2,1-5,7-14H3,(H,44,50)(H,45,51)/t29?,30-,32?,33+,34-,36+,37+,38+,39-/m1/s1. The largest absolute Gasteiger partial charge is 0.467 e. The van der Waals surface area contributed by atoms with E-state index < -0.39 is 54.3 Å². The van der Waals surface area contributed by atoms with Gasteiger partial charge in [0.15, 0.2) is 0 Å². The molecule has 316 valence electrons. The smallest absolute Gasteiger partial charge is 0.328 e. The summed E-state index contributed by atoms with van der Waals surface area (Å²) in [6, 6.07) is 6.28. The molecule has 1 aliphatic heterocycles. The molecule has 2 rings (SSSR count). The second-order valence-electron chi connectivity index (χ2n) is 16.1. The Morgan fingerprint density at radius 1 is 0.893 bits per heavy atom. The number of hydrogen-bond donors (Lipinski definition) is 2. The van der Waals surface area contributed by atoms with Crippen LogP contribution in [-0.4, -0.2) is 129 Å². The van der Waals surface area contributed by atoms with Crippen molar-refractivity contribution in [2.75, 3.05) is 42.0 Å². The normalized spacial score (nSPS) is 18.6. The Morgan fingerprint density at radius 3 is 2.02 bits per heavy atom. The Labute approximate surface area is 336 Å². The van der Waals surface area contributed by atoms with Crippen LogP contribution in [0, 0.1) is 23.7 Å². The number of carbonyl (C=O) groups is 5. The maximum atomic E-state index is 14.3. The number of nitrogens with one attached hydrogen (secondary N) is 2. The predicted octanol–water partition coefficient (Wildman–Crippen LogP) is 4.44. The molecule has 56 heavy (non-hydrogen) atoms. The Bertz CT molecular complexity index is 1450. The van der Waals surface area contributed by atoms with Crippen molar-refractivity contribution in [3.8, 4) is 0 Å². The maximum absolute atomic E-state index is 14.3. The molecule has 1 aliphatic rings. The van der Waals surface area contributed by atoms with E-state index >= 15 is 0 Å². The highest BCUT2D eigenvalue weighted by atomic mass is 16.5. The zero-order valence-electron chi connectivity index (χ0n) is 36.3. The van der Waals surface area contributed by atoms with E-state index in [1.807, 2.05) is 90.7 Å². The summed E-state index contributed by atoms with van der Waals surface area (Å²) in [6.07, 6.45) is 1.02. The molecular weight excluding hydrogens is 715 g/mol. The number of likely N-dealkylation sites (tertiary alicyclic amines) is 1. The molecule has 4 amide bonds. The van der Waals surface area contributed by atoms with Gasteiger partial charge in [0.2, 0.25) is 23.6 Å². The van der Waals surface area contributed by atoms with Crippen LogP contribution in [0.3, 0.4) is 0 Å². The number of allylic oxidation sites excluding steroid dienone is 1. The van der Waals surface area contributed by atoms with E-state index in [1.165, 1.54) is 14.2 Å².